The third-order valence-electron chi connectivity index (χ3n) is 5.18. The van der Waals surface area contributed by atoms with Crippen LogP contribution in [0.25, 0.3) is 0 Å². The van der Waals surface area contributed by atoms with E-state index in [1.807, 2.05) is 45.9 Å². The maximum atomic E-state index is 12.6. The van der Waals surface area contributed by atoms with Gasteiger partial charge < -0.3 is 10.1 Å². The fraction of sp³-hybridized carbons (Fsp3) is 0.417. The zero-order chi connectivity index (χ0) is 24.2. The third kappa shape index (κ3) is 5.75. The molecule has 174 valence electrons. The van der Waals surface area contributed by atoms with Crippen molar-refractivity contribution in [3.63, 3.8) is 0 Å². The maximum absolute atomic E-state index is 12.6. The minimum absolute atomic E-state index is 0.0167. The van der Waals surface area contributed by atoms with Gasteiger partial charge in [0, 0.05) is 19.8 Å². The maximum Gasteiger partial charge on any atom is 0.338 e. The Labute approximate surface area is 190 Å². The van der Waals surface area contributed by atoms with Crippen LogP contribution in [0.5, 0.6) is 0 Å². The van der Waals surface area contributed by atoms with Crippen LogP contribution in [0.15, 0.2) is 41.3 Å². The summed E-state index contributed by atoms with van der Waals surface area (Å²) >= 11 is 0. The normalized spacial score (nSPS) is 11.8. The molecule has 2 aromatic rings. The Morgan fingerprint density at radius 2 is 1.56 bits per heavy atom. The molecular weight excluding hydrogens is 428 g/mol. The molecular formula is C24H32N2O5S. The molecule has 0 aliphatic rings. The standard InChI is InChI=1S/C24H32N2O5S/c1-15(2)19-9-8-10-20(16(3)4)23(19)25-22(27)14-31-24(28)21-13-18(12-11-17(21)5)32(29,30)26(6)7/h8-13,15-16H,14H2,1-7H3,(H,25,27). The molecule has 0 bridgehead atoms. The van der Waals surface area contributed by atoms with Crippen LogP contribution >= 0.6 is 0 Å². The molecule has 0 fully saturated rings. The Bertz CT molecular complexity index is 1080. The predicted molar refractivity (Wildman–Crippen MR) is 126 cm³/mol. The predicted octanol–water partition coefficient (Wildman–Crippen LogP) is 4.29. The van der Waals surface area contributed by atoms with Gasteiger partial charge in [-0.25, -0.2) is 17.5 Å². The Morgan fingerprint density at radius 3 is 2.06 bits per heavy atom. The molecule has 0 radical (unpaired) electrons. The lowest BCUT2D eigenvalue weighted by molar-refractivity contribution is -0.119. The van der Waals surface area contributed by atoms with E-state index < -0.39 is 28.5 Å². The number of benzene rings is 2. The number of amides is 1. The van der Waals surface area contributed by atoms with Gasteiger partial charge in [-0.15, -0.1) is 0 Å². The second-order valence-electron chi connectivity index (χ2n) is 8.51. The number of nitrogens with one attached hydrogen (secondary N) is 1. The summed E-state index contributed by atoms with van der Waals surface area (Å²) < 4.78 is 31.0. The van der Waals surface area contributed by atoms with Crippen molar-refractivity contribution in [2.45, 2.75) is 51.3 Å². The number of para-hydroxylation sites is 1. The second-order valence-corrected chi connectivity index (χ2v) is 10.7. The second kappa shape index (κ2) is 10.3. The van der Waals surface area contributed by atoms with Gasteiger partial charge >= 0.3 is 5.97 Å². The van der Waals surface area contributed by atoms with E-state index in [0.717, 1.165) is 21.1 Å². The summed E-state index contributed by atoms with van der Waals surface area (Å²) in [6, 6.07) is 10.2. The van der Waals surface area contributed by atoms with Crippen LogP contribution in [0.2, 0.25) is 0 Å². The Kier molecular flexibility index (Phi) is 8.20. The Morgan fingerprint density at radius 1 is 1.00 bits per heavy atom. The summed E-state index contributed by atoms with van der Waals surface area (Å²) in [4.78, 5) is 25.2. The van der Waals surface area contributed by atoms with E-state index in [9.17, 15) is 18.0 Å². The molecule has 0 aromatic heterocycles. The van der Waals surface area contributed by atoms with Gasteiger partial charge in [0.25, 0.3) is 5.91 Å². The topological polar surface area (TPSA) is 92.8 Å². The monoisotopic (exact) mass is 460 g/mol. The van der Waals surface area contributed by atoms with Crippen LogP contribution in [0.1, 0.15) is 66.6 Å². The average molecular weight is 461 g/mol. The molecule has 0 aliphatic carbocycles. The minimum atomic E-state index is -3.70. The molecule has 0 aliphatic heterocycles. The quantitative estimate of drug-likeness (QED) is 0.593. The van der Waals surface area contributed by atoms with Gasteiger partial charge in [0.1, 0.15) is 0 Å². The van der Waals surface area contributed by atoms with Crippen molar-refractivity contribution in [3.05, 3.63) is 58.7 Å². The zero-order valence-electron chi connectivity index (χ0n) is 19.7. The average Bonchev–Trinajstić information content (AvgIpc) is 2.71. The van der Waals surface area contributed by atoms with Gasteiger partial charge in [0.05, 0.1) is 10.5 Å². The third-order valence-corrected chi connectivity index (χ3v) is 6.99. The summed E-state index contributed by atoms with van der Waals surface area (Å²) in [6.07, 6.45) is 0. The fourth-order valence-electron chi connectivity index (χ4n) is 3.27. The number of esters is 1. The van der Waals surface area contributed by atoms with Crippen LogP contribution in [0.3, 0.4) is 0 Å². The minimum Gasteiger partial charge on any atom is -0.452 e. The first kappa shape index (κ1) is 25.5. The number of nitrogens with zero attached hydrogens (tertiary/aromatic N) is 1. The lowest BCUT2D eigenvalue weighted by Crippen LogP contribution is -2.24. The van der Waals surface area contributed by atoms with Crippen LogP contribution in [-0.2, 0) is 19.6 Å². The van der Waals surface area contributed by atoms with Crippen LogP contribution in [0.4, 0.5) is 5.69 Å². The number of hydrogen-bond acceptors (Lipinski definition) is 5. The van der Waals surface area contributed by atoms with Crippen molar-refractivity contribution in [3.8, 4) is 0 Å². The summed E-state index contributed by atoms with van der Waals surface area (Å²) in [5.74, 6) is -0.802. The van der Waals surface area contributed by atoms with Crippen LogP contribution < -0.4 is 5.32 Å². The molecule has 0 heterocycles. The molecule has 0 spiro atoms. The highest BCUT2D eigenvalue weighted by molar-refractivity contribution is 7.89. The highest BCUT2D eigenvalue weighted by atomic mass is 32.2. The van der Waals surface area contributed by atoms with E-state index >= 15 is 0 Å². The van der Waals surface area contributed by atoms with E-state index in [4.69, 9.17) is 4.74 Å². The van der Waals surface area contributed by atoms with Crippen molar-refractivity contribution in [1.29, 1.82) is 0 Å². The molecule has 8 heteroatoms. The molecule has 2 aromatic carbocycles. The molecule has 1 amide bonds. The van der Waals surface area contributed by atoms with Crippen molar-refractivity contribution in [2.24, 2.45) is 0 Å². The lowest BCUT2D eigenvalue weighted by atomic mass is 9.92. The number of hydrogen-bond donors (Lipinski definition) is 1. The fourth-order valence-corrected chi connectivity index (χ4v) is 4.20. The molecule has 32 heavy (non-hydrogen) atoms. The number of anilines is 1. The van der Waals surface area contributed by atoms with Gasteiger partial charge in [0.2, 0.25) is 10.0 Å². The molecule has 0 unspecified atom stereocenters. The number of sulfonamides is 1. The lowest BCUT2D eigenvalue weighted by Gasteiger charge is -2.20. The SMILES string of the molecule is Cc1ccc(S(=O)(=O)N(C)C)cc1C(=O)OCC(=O)Nc1c(C(C)C)cccc1C(C)C. The van der Waals surface area contributed by atoms with Crippen molar-refractivity contribution in [2.75, 3.05) is 26.0 Å². The van der Waals surface area contributed by atoms with Gasteiger partial charge in [0.15, 0.2) is 6.61 Å². The van der Waals surface area contributed by atoms with E-state index in [2.05, 4.69) is 5.32 Å². The van der Waals surface area contributed by atoms with Gasteiger partial charge in [-0.2, -0.15) is 0 Å². The summed E-state index contributed by atoms with van der Waals surface area (Å²) in [6.45, 7) is 9.39. The van der Waals surface area contributed by atoms with E-state index in [1.54, 1.807) is 13.0 Å². The summed E-state index contributed by atoms with van der Waals surface area (Å²) in [5, 5.41) is 2.90. The molecule has 0 atom stereocenters. The molecule has 0 saturated carbocycles. The first-order valence-electron chi connectivity index (χ1n) is 10.5. The number of ether oxygens (including phenoxy) is 1. The Hall–Kier alpha value is -2.71. The van der Waals surface area contributed by atoms with Crippen LogP contribution in [-0.4, -0.2) is 45.3 Å². The largest absolute Gasteiger partial charge is 0.452 e. The highest BCUT2D eigenvalue weighted by Gasteiger charge is 2.22. The molecule has 0 saturated heterocycles. The highest BCUT2D eigenvalue weighted by Crippen LogP contribution is 2.32. The zero-order valence-corrected chi connectivity index (χ0v) is 20.5. The number of carbonyl (C=O) groups is 2. The van der Waals surface area contributed by atoms with E-state index in [1.165, 1.54) is 26.2 Å². The van der Waals surface area contributed by atoms with E-state index in [-0.39, 0.29) is 22.3 Å². The molecule has 1 N–H and O–H groups in total. The number of carbonyl (C=O) groups excluding carboxylic acids is 2. The van der Waals surface area contributed by atoms with Gasteiger partial charge in [-0.1, -0.05) is 52.0 Å². The van der Waals surface area contributed by atoms with Gasteiger partial charge in [-0.05, 0) is 47.6 Å². The van der Waals surface area contributed by atoms with Crippen molar-refractivity contribution >= 4 is 27.6 Å². The first-order valence-corrected chi connectivity index (χ1v) is 11.9. The number of aryl methyl sites for hydroxylation is 1. The van der Waals surface area contributed by atoms with Crippen LogP contribution in [0, 0.1) is 6.92 Å². The van der Waals surface area contributed by atoms with Gasteiger partial charge in [-0.3, -0.25) is 4.79 Å². The summed E-state index contributed by atoms with van der Waals surface area (Å²) in [5.41, 5.74) is 3.42. The van der Waals surface area contributed by atoms with Crippen molar-refractivity contribution < 1.29 is 22.7 Å². The Balaban J connectivity index is 2.20. The number of rotatable bonds is 8. The van der Waals surface area contributed by atoms with E-state index in [0.29, 0.717) is 5.56 Å². The smallest absolute Gasteiger partial charge is 0.338 e. The first-order chi connectivity index (χ1) is 14.9. The van der Waals surface area contributed by atoms with Crippen molar-refractivity contribution in [1.82, 2.24) is 4.31 Å². The molecule has 2 rings (SSSR count). The summed E-state index contributed by atoms with van der Waals surface area (Å²) in [7, 11) is -0.872. The molecule has 7 nitrogen and oxygen atoms in total.